The maximum atomic E-state index is 11.6. The van der Waals surface area contributed by atoms with Crippen LogP contribution >= 0.6 is 0 Å². The summed E-state index contributed by atoms with van der Waals surface area (Å²) in [6.07, 6.45) is 1.23. The lowest BCUT2D eigenvalue weighted by atomic mass is 10.1. The van der Waals surface area contributed by atoms with Gasteiger partial charge in [-0.25, -0.2) is 9.78 Å². The van der Waals surface area contributed by atoms with Gasteiger partial charge in [0.1, 0.15) is 6.33 Å². The molecule has 2 aromatic rings. The van der Waals surface area contributed by atoms with Crippen LogP contribution in [0.25, 0.3) is 0 Å². The zero-order valence-corrected chi connectivity index (χ0v) is 9.47. The maximum absolute atomic E-state index is 11.6. The highest BCUT2D eigenvalue weighted by molar-refractivity contribution is 6.01. The first kappa shape index (κ1) is 11.8. The summed E-state index contributed by atoms with van der Waals surface area (Å²) in [6, 6.07) is 4.54. The molecule has 0 spiro atoms. The average Bonchev–Trinajstić information content (AvgIpc) is 2.81. The molecule has 1 aromatic carbocycles. The monoisotopic (exact) mass is 246 g/mol. The van der Waals surface area contributed by atoms with E-state index in [1.165, 1.54) is 18.5 Å². The summed E-state index contributed by atoms with van der Waals surface area (Å²) in [5.41, 5.74) is 1.27. The van der Waals surface area contributed by atoms with E-state index in [0.717, 1.165) is 0 Å². The molecule has 0 aliphatic heterocycles. The Kier molecular flexibility index (Phi) is 3.05. The average molecular weight is 246 g/mol. The molecule has 3 N–H and O–H groups in total. The van der Waals surface area contributed by atoms with Crippen molar-refractivity contribution >= 4 is 17.6 Å². The molecular formula is C11H10N4O3. The van der Waals surface area contributed by atoms with Crippen molar-refractivity contribution in [3.8, 4) is 0 Å². The van der Waals surface area contributed by atoms with Crippen LogP contribution < -0.4 is 5.32 Å². The highest BCUT2D eigenvalue weighted by atomic mass is 16.4. The third-order valence-electron chi connectivity index (χ3n) is 2.34. The summed E-state index contributed by atoms with van der Waals surface area (Å²) >= 11 is 0. The minimum atomic E-state index is -0.999. The van der Waals surface area contributed by atoms with E-state index in [4.69, 9.17) is 5.11 Å². The summed E-state index contributed by atoms with van der Waals surface area (Å²) in [7, 11) is 0. The molecule has 1 amide bonds. The van der Waals surface area contributed by atoms with E-state index in [2.05, 4.69) is 20.5 Å². The van der Waals surface area contributed by atoms with Crippen LogP contribution in [0.3, 0.4) is 0 Å². The Bertz CT molecular complexity index is 592. The molecule has 7 heteroatoms. The van der Waals surface area contributed by atoms with Gasteiger partial charge in [0.15, 0.2) is 0 Å². The van der Waals surface area contributed by atoms with Crippen LogP contribution in [0.15, 0.2) is 24.5 Å². The first-order valence-corrected chi connectivity index (χ1v) is 5.08. The van der Waals surface area contributed by atoms with Gasteiger partial charge < -0.3 is 10.4 Å². The Balaban J connectivity index is 2.18. The van der Waals surface area contributed by atoms with Crippen molar-refractivity contribution in [2.24, 2.45) is 0 Å². The number of carboxylic acids is 1. The molecule has 92 valence electrons. The highest BCUT2D eigenvalue weighted by Gasteiger charge is 2.11. The molecule has 1 heterocycles. The first-order valence-electron chi connectivity index (χ1n) is 5.08. The van der Waals surface area contributed by atoms with Gasteiger partial charge in [0.25, 0.3) is 5.91 Å². The quantitative estimate of drug-likeness (QED) is 0.750. The summed E-state index contributed by atoms with van der Waals surface area (Å²) < 4.78 is 0. The minimum Gasteiger partial charge on any atom is -0.478 e. The maximum Gasteiger partial charge on any atom is 0.335 e. The molecule has 0 radical (unpaired) electrons. The Hall–Kier alpha value is -2.70. The third kappa shape index (κ3) is 2.34. The van der Waals surface area contributed by atoms with Crippen LogP contribution in [0.2, 0.25) is 0 Å². The van der Waals surface area contributed by atoms with E-state index in [0.29, 0.717) is 11.3 Å². The molecule has 7 nitrogen and oxygen atoms in total. The van der Waals surface area contributed by atoms with Gasteiger partial charge in [-0.15, -0.1) is 0 Å². The van der Waals surface area contributed by atoms with Crippen molar-refractivity contribution < 1.29 is 14.7 Å². The van der Waals surface area contributed by atoms with Gasteiger partial charge in [-0.2, -0.15) is 5.10 Å². The summed E-state index contributed by atoms with van der Waals surface area (Å²) in [5.74, 6) is -1.34. The molecule has 0 saturated carbocycles. The van der Waals surface area contributed by atoms with E-state index in [1.54, 1.807) is 13.0 Å². The summed E-state index contributed by atoms with van der Waals surface area (Å²) in [6.45, 7) is 1.66. The molecule has 0 aliphatic rings. The molecule has 18 heavy (non-hydrogen) atoms. The number of aromatic carboxylic acids is 1. The SMILES string of the molecule is Cc1cc(NC(=O)c2ncn[nH]2)ccc1C(=O)O. The van der Waals surface area contributed by atoms with E-state index < -0.39 is 11.9 Å². The van der Waals surface area contributed by atoms with Crippen molar-refractivity contribution in [2.45, 2.75) is 6.92 Å². The van der Waals surface area contributed by atoms with E-state index >= 15 is 0 Å². The number of amides is 1. The largest absolute Gasteiger partial charge is 0.478 e. The number of hydrogen-bond acceptors (Lipinski definition) is 4. The van der Waals surface area contributed by atoms with E-state index in [1.807, 2.05) is 0 Å². The zero-order chi connectivity index (χ0) is 13.1. The Morgan fingerprint density at radius 2 is 2.17 bits per heavy atom. The van der Waals surface area contributed by atoms with Gasteiger partial charge in [0, 0.05) is 5.69 Å². The molecule has 0 saturated heterocycles. The second kappa shape index (κ2) is 4.66. The number of benzene rings is 1. The molecule has 0 aliphatic carbocycles. The number of hydrogen-bond donors (Lipinski definition) is 3. The van der Waals surface area contributed by atoms with Gasteiger partial charge in [-0.1, -0.05) is 0 Å². The summed E-state index contributed by atoms with van der Waals surface area (Å²) in [4.78, 5) is 26.2. The number of nitrogens with zero attached hydrogens (tertiary/aromatic N) is 2. The number of anilines is 1. The predicted molar refractivity (Wildman–Crippen MR) is 62.5 cm³/mol. The number of rotatable bonds is 3. The van der Waals surface area contributed by atoms with Crippen molar-refractivity contribution in [3.05, 3.63) is 41.5 Å². The Morgan fingerprint density at radius 1 is 1.39 bits per heavy atom. The molecule has 2 rings (SSSR count). The number of carbonyl (C=O) groups excluding carboxylic acids is 1. The molecule has 1 aromatic heterocycles. The van der Waals surface area contributed by atoms with Crippen LogP contribution in [-0.4, -0.2) is 32.2 Å². The van der Waals surface area contributed by atoms with Crippen molar-refractivity contribution in [1.82, 2.24) is 15.2 Å². The van der Waals surface area contributed by atoms with Crippen LogP contribution in [0.5, 0.6) is 0 Å². The van der Waals surface area contributed by atoms with Crippen molar-refractivity contribution in [2.75, 3.05) is 5.32 Å². The number of carbonyl (C=O) groups is 2. The highest BCUT2D eigenvalue weighted by Crippen LogP contribution is 2.15. The number of carboxylic acid groups (broad SMARTS) is 1. The minimum absolute atomic E-state index is 0.0926. The first-order chi connectivity index (χ1) is 8.58. The fourth-order valence-corrected chi connectivity index (χ4v) is 1.49. The van der Waals surface area contributed by atoms with Crippen LogP contribution in [0.4, 0.5) is 5.69 Å². The predicted octanol–water partition coefficient (Wildman–Crippen LogP) is 1.06. The number of nitrogens with one attached hydrogen (secondary N) is 2. The lowest BCUT2D eigenvalue weighted by molar-refractivity contribution is 0.0696. The van der Waals surface area contributed by atoms with E-state index in [9.17, 15) is 9.59 Å². The number of H-pyrrole nitrogens is 1. The normalized spacial score (nSPS) is 10.1. The second-order valence-corrected chi connectivity index (χ2v) is 3.62. The number of aryl methyl sites for hydroxylation is 1. The fraction of sp³-hybridized carbons (Fsp3) is 0.0909. The lowest BCUT2D eigenvalue weighted by Gasteiger charge is -2.06. The molecular weight excluding hydrogens is 236 g/mol. The van der Waals surface area contributed by atoms with Crippen LogP contribution in [0.1, 0.15) is 26.5 Å². The van der Waals surface area contributed by atoms with E-state index in [-0.39, 0.29) is 11.4 Å². The number of aromatic amines is 1. The van der Waals surface area contributed by atoms with Gasteiger partial charge in [0.05, 0.1) is 5.56 Å². The third-order valence-corrected chi connectivity index (χ3v) is 2.34. The molecule has 0 unspecified atom stereocenters. The van der Waals surface area contributed by atoms with Crippen molar-refractivity contribution in [3.63, 3.8) is 0 Å². The second-order valence-electron chi connectivity index (χ2n) is 3.62. The Morgan fingerprint density at radius 3 is 2.72 bits per heavy atom. The van der Waals surface area contributed by atoms with Gasteiger partial charge in [-0.3, -0.25) is 9.89 Å². The van der Waals surface area contributed by atoms with Crippen LogP contribution in [-0.2, 0) is 0 Å². The smallest absolute Gasteiger partial charge is 0.335 e. The molecule has 0 bridgehead atoms. The van der Waals surface area contributed by atoms with Crippen LogP contribution in [0, 0.1) is 6.92 Å². The lowest BCUT2D eigenvalue weighted by Crippen LogP contribution is -2.14. The van der Waals surface area contributed by atoms with Crippen molar-refractivity contribution in [1.29, 1.82) is 0 Å². The zero-order valence-electron chi connectivity index (χ0n) is 9.47. The van der Waals surface area contributed by atoms with Gasteiger partial charge >= 0.3 is 5.97 Å². The number of aromatic nitrogens is 3. The fourth-order valence-electron chi connectivity index (χ4n) is 1.49. The molecule has 0 atom stereocenters. The topological polar surface area (TPSA) is 108 Å². The van der Waals surface area contributed by atoms with Gasteiger partial charge in [-0.05, 0) is 30.7 Å². The Labute approximate surface area is 102 Å². The van der Waals surface area contributed by atoms with Gasteiger partial charge in [0.2, 0.25) is 5.82 Å². The molecule has 0 fully saturated rings. The standard InChI is InChI=1S/C11H10N4O3/c1-6-4-7(2-3-8(6)11(17)18)14-10(16)9-12-5-13-15-9/h2-5H,1H3,(H,14,16)(H,17,18)(H,12,13,15). The summed E-state index contributed by atoms with van der Waals surface area (Å²) in [5, 5.41) is 17.5.